The highest BCUT2D eigenvalue weighted by Gasteiger charge is 2.31. The number of H-pyrrole nitrogens is 1. The fraction of sp³-hybridized carbons (Fsp3) is 0.444. The van der Waals surface area contributed by atoms with Crippen molar-refractivity contribution in [2.24, 2.45) is 0 Å². The van der Waals surface area contributed by atoms with Crippen molar-refractivity contribution in [3.8, 4) is 0 Å². The lowest BCUT2D eigenvalue weighted by Gasteiger charge is -2.26. The van der Waals surface area contributed by atoms with E-state index in [2.05, 4.69) is 10.3 Å². The zero-order valence-electron chi connectivity index (χ0n) is 13.6. The third-order valence-electron chi connectivity index (χ3n) is 4.66. The molecule has 128 valence electrons. The molecule has 1 amide bonds. The van der Waals surface area contributed by atoms with Crippen molar-refractivity contribution < 1.29 is 14.6 Å². The van der Waals surface area contributed by atoms with Crippen LogP contribution in [0, 0.1) is 0 Å². The molecule has 3 rings (SSSR count). The highest BCUT2D eigenvalue weighted by atomic mass is 16.5. The second-order valence-electron chi connectivity index (χ2n) is 6.23. The van der Waals surface area contributed by atoms with Gasteiger partial charge in [-0.05, 0) is 30.4 Å². The summed E-state index contributed by atoms with van der Waals surface area (Å²) in [5.74, 6) is -0.470. The van der Waals surface area contributed by atoms with Crippen LogP contribution in [0.5, 0.6) is 0 Å². The number of hydrogen-bond acceptors (Lipinski definition) is 4. The molecular weight excluding hydrogens is 308 g/mol. The third kappa shape index (κ3) is 3.34. The van der Waals surface area contributed by atoms with Crippen LogP contribution in [0.2, 0.25) is 0 Å². The van der Waals surface area contributed by atoms with Crippen LogP contribution >= 0.6 is 0 Å². The van der Waals surface area contributed by atoms with Crippen molar-refractivity contribution >= 4 is 16.8 Å². The molecule has 1 saturated carbocycles. The Bertz CT molecular complexity index is 786. The minimum absolute atomic E-state index is 0.0547. The molecule has 2 aromatic rings. The Balaban J connectivity index is 1.84. The minimum atomic E-state index is -0.777. The Morgan fingerprint density at radius 1 is 1.29 bits per heavy atom. The van der Waals surface area contributed by atoms with Gasteiger partial charge in [0.1, 0.15) is 11.7 Å². The minimum Gasteiger partial charge on any atom is -0.388 e. The molecule has 1 heterocycles. The van der Waals surface area contributed by atoms with E-state index in [-0.39, 0.29) is 11.7 Å². The molecule has 1 aliphatic rings. The van der Waals surface area contributed by atoms with Gasteiger partial charge in [-0.15, -0.1) is 0 Å². The van der Waals surface area contributed by atoms with Gasteiger partial charge in [-0.1, -0.05) is 31.0 Å². The highest BCUT2D eigenvalue weighted by Crippen LogP contribution is 2.21. The average Bonchev–Trinajstić information content (AvgIpc) is 2.76. The van der Waals surface area contributed by atoms with Gasteiger partial charge >= 0.3 is 0 Å². The highest BCUT2D eigenvalue weighted by molar-refractivity contribution is 5.97. The van der Waals surface area contributed by atoms with E-state index in [4.69, 9.17) is 4.74 Å². The van der Waals surface area contributed by atoms with E-state index in [0.29, 0.717) is 11.9 Å². The smallest absolute Gasteiger partial charge is 0.261 e. The number of carbonyl (C=O) groups is 1. The Morgan fingerprint density at radius 3 is 2.83 bits per heavy atom. The van der Waals surface area contributed by atoms with Crippen LogP contribution in [0.1, 0.15) is 36.0 Å². The predicted molar refractivity (Wildman–Crippen MR) is 91.1 cm³/mol. The fourth-order valence-electron chi connectivity index (χ4n) is 3.29. The molecule has 6 heteroatoms. The largest absolute Gasteiger partial charge is 0.388 e. The Hall–Kier alpha value is -2.18. The maximum atomic E-state index is 12.5. The van der Waals surface area contributed by atoms with Crippen LogP contribution in [0.4, 0.5) is 0 Å². The van der Waals surface area contributed by atoms with Gasteiger partial charge in [-0.2, -0.15) is 0 Å². The van der Waals surface area contributed by atoms with Gasteiger partial charge in [-0.3, -0.25) is 9.59 Å². The number of hydrogen-bond donors (Lipinski definition) is 3. The first-order valence-corrected chi connectivity index (χ1v) is 8.24. The van der Waals surface area contributed by atoms with Crippen LogP contribution in [0.25, 0.3) is 10.9 Å². The van der Waals surface area contributed by atoms with Gasteiger partial charge in [0.05, 0.1) is 12.1 Å². The standard InChI is InChI=1S/C18H22N2O4/c1-24-15-9-5-4-8-14(16(15)21)20-18(23)12-10-11-6-2-3-7-13(11)19-17(12)22/h2-3,6-7,10,14-16,21H,4-5,8-9H2,1H3,(H,19,22)(H,20,23)/t14-,15-,16-/m1/s1. The van der Waals surface area contributed by atoms with E-state index in [9.17, 15) is 14.7 Å². The average molecular weight is 330 g/mol. The van der Waals surface area contributed by atoms with E-state index in [1.54, 1.807) is 19.2 Å². The van der Waals surface area contributed by atoms with E-state index in [1.807, 2.05) is 18.2 Å². The summed E-state index contributed by atoms with van der Waals surface area (Å²) in [7, 11) is 1.56. The number of ether oxygens (including phenoxy) is 1. The molecule has 0 bridgehead atoms. The van der Waals surface area contributed by atoms with Crippen LogP contribution in [0.3, 0.4) is 0 Å². The molecule has 0 spiro atoms. The summed E-state index contributed by atoms with van der Waals surface area (Å²) in [6, 6.07) is 8.46. The van der Waals surface area contributed by atoms with Gasteiger partial charge in [0, 0.05) is 12.6 Å². The molecule has 1 aromatic heterocycles. The molecule has 0 aliphatic heterocycles. The van der Waals surface area contributed by atoms with E-state index in [0.717, 1.165) is 24.6 Å². The molecule has 0 saturated heterocycles. The van der Waals surface area contributed by atoms with Crippen molar-refractivity contribution in [3.05, 3.63) is 46.2 Å². The number of methoxy groups -OCH3 is 1. The SMILES string of the molecule is CO[C@@H]1CCCC[C@@H](NC(=O)c2cc3ccccc3[nH]c2=O)[C@H]1O. The summed E-state index contributed by atoms with van der Waals surface area (Å²) >= 11 is 0. The molecule has 1 fully saturated rings. The first-order valence-electron chi connectivity index (χ1n) is 8.24. The number of aliphatic hydroxyl groups is 1. The number of aliphatic hydroxyl groups excluding tert-OH is 1. The number of amides is 1. The topological polar surface area (TPSA) is 91.4 Å². The zero-order valence-corrected chi connectivity index (χ0v) is 13.6. The van der Waals surface area contributed by atoms with Gasteiger partial charge < -0.3 is 20.1 Å². The molecule has 3 atom stereocenters. The summed E-state index contributed by atoms with van der Waals surface area (Å²) in [6.07, 6.45) is 2.20. The van der Waals surface area contributed by atoms with E-state index in [1.165, 1.54) is 0 Å². The van der Waals surface area contributed by atoms with Gasteiger partial charge in [0.25, 0.3) is 11.5 Å². The number of aromatic amines is 1. The van der Waals surface area contributed by atoms with E-state index >= 15 is 0 Å². The number of benzene rings is 1. The summed E-state index contributed by atoms with van der Waals surface area (Å²) in [5, 5.41) is 14.0. The molecule has 6 nitrogen and oxygen atoms in total. The lowest BCUT2D eigenvalue weighted by Crippen LogP contribution is -2.48. The first-order chi connectivity index (χ1) is 11.6. The second kappa shape index (κ2) is 7.15. The molecule has 1 aliphatic carbocycles. The number of rotatable bonds is 3. The van der Waals surface area contributed by atoms with Crippen LogP contribution < -0.4 is 10.9 Å². The monoisotopic (exact) mass is 330 g/mol. The molecule has 0 unspecified atom stereocenters. The Morgan fingerprint density at radius 2 is 2.04 bits per heavy atom. The summed E-state index contributed by atoms with van der Waals surface area (Å²) in [5.41, 5.74) is 0.310. The fourth-order valence-corrected chi connectivity index (χ4v) is 3.29. The maximum Gasteiger partial charge on any atom is 0.261 e. The summed E-state index contributed by atoms with van der Waals surface area (Å²) < 4.78 is 5.31. The lowest BCUT2D eigenvalue weighted by molar-refractivity contribution is -0.0277. The van der Waals surface area contributed by atoms with E-state index < -0.39 is 23.6 Å². The van der Waals surface area contributed by atoms with Crippen molar-refractivity contribution in [1.82, 2.24) is 10.3 Å². The van der Waals surface area contributed by atoms with Crippen LogP contribution in [0.15, 0.2) is 35.1 Å². The molecule has 1 aromatic carbocycles. The van der Waals surface area contributed by atoms with Crippen LogP contribution in [-0.2, 0) is 4.74 Å². The maximum absolute atomic E-state index is 12.5. The number of fused-ring (bicyclic) bond motifs is 1. The third-order valence-corrected chi connectivity index (χ3v) is 4.66. The lowest BCUT2D eigenvalue weighted by atomic mass is 10.0. The summed E-state index contributed by atoms with van der Waals surface area (Å²) in [6.45, 7) is 0. The molecule has 24 heavy (non-hydrogen) atoms. The number of nitrogens with one attached hydrogen (secondary N) is 2. The summed E-state index contributed by atoms with van der Waals surface area (Å²) in [4.78, 5) is 27.4. The zero-order chi connectivity index (χ0) is 17.1. The number of aromatic nitrogens is 1. The van der Waals surface area contributed by atoms with Gasteiger partial charge in [-0.25, -0.2) is 0 Å². The quantitative estimate of drug-likeness (QED) is 0.745. The predicted octanol–water partition coefficient (Wildman–Crippen LogP) is 1.58. The van der Waals surface area contributed by atoms with Crippen molar-refractivity contribution in [2.75, 3.05) is 7.11 Å². The normalized spacial score (nSPS) is 24.5. The molecular formula is C18H22N2O4. The van der Waals surface area contributed by atoms with Crippen molar-refractivity contribution in [3.63, 3.8) is 0 Å². The number of para-hydroxylation sites is 1. The second-order valence-corrected chi connectivity index (χ2v) is 6.23. The first kappa shape index (κ1) is 16.7. The van der Waals surface area contributed by atoms with Gasteiger partial charge in [0.15, 0.2) is 0 Å². The Kier molecular flexibility index (Phi) is 4.97. The number of carbonyl (C=O) groups excluding carboxylic acids is 1. The molecule has 0 radical (unpaired) electrons. The van der Waals surface area contributed by atoms with Crippen molar-refractivity contribution in [1.29, 1.82) is 0 Å². The number of pyridine rings is 1. The Labute approximate surface area is 139 Å². The van der Waals surface area contributed by atoms with Crippen LogP contribution in [-0.4, -0.2) is 41.4 Å². The van der Waals surface area contributed by atoms with Gasteiger partial charge in [0.2, 0.25) is 0 Å². The van der Waals surface area contributed by atoms with Crippen molar-refractivity contribution in [2.45, 2.75) is 43.9 Å². The molecule has 3 N–H and O–H groups in total.